The number of aromatic nitrogens is 1. The van der Waals surface area contributed by atoms with Crippen LogP contribution in [0.2, 0.25) is 0 Å². The number of benzene rings is 2. The molecular weight excluding hydrogens is 562 g/mol. The minimum absolute atomic E-state index is 0.0749. The molecule has 4 rings (SSSR count). The normalized spacial score (nSPS) is 15.4. The van der Waals surface area contributed by atoms with E-state index in [4.69, 9.17) is 0 Å². The molecule has 1 fully saturated rings. The fourth-order valence-electron chi connectivity index (χ4n) is 4.67. The Morgan fingerprint density at radius 3 is 2.39 bits per heavy atom. The van der Waals surface area contributed by atoms with Crippen molar-refractivity contribution in [1.82, 2.24) is 10.3 Å². The zero-order chi connectivity index (χ0) is 29.9. The number of piperazine rings is 1. The quantitative estimate of drug-likeness (QED) is 0.286. The Morgan fingerprint density at radius 1 is 1.10 bits per heavy atom. The van der Waals surface area contributed by atoms with Crippen LogP contribution in [-0.4, -0.2) is 52.9 Å². The lowest BCUT2D eigenvalue weighted by Crippen LogP contribution is -2.47. The molecule has 13 heteroatoms. The topological polar surface area (TPSA) is 89.0 Å². The summed E-state index contributed by atoms with van der Waals surface area (Å²) in [6.07, 6.45) is -4.62. The number of nitrogens with zero attached hydrogens (tertiary/aromatic N) is 4. The van der Waals surface area contributed by atoms with E-state index in [9.17, 15) is 31.1 Å². The third kappa shape index (κ3) is 7.14. The summed E-state index contributed by atoms with van der Waals surface area (Å²) in [6.45, 7) is 5.55. The molecule has 8 nitrogen and oxygen atoms in total. The van der Waals surface area contributed by atoms with Gasteiger partial charge in [0.15, 0.2) is 0 Å². The molecule has 0 saturated carbocycles. The molecule has 0 radical (unpaired) electrons. The first-order valence-corrected chi connectivity index (χ1v) is 14.0. The van der Waals surface area contributed by atoms with Gasteiger partial charge in [0.05, 0.1) is 11.6 Å². The number of hydrogen-bond donors (Lipinski definition) is 2. The van der Waals surface area contributed by atoms with Crippen molar-refractivity contribution in [2.24, 2.45) is 0 Å². The molecule has 1 aliphatic rings. The van der Waals surface area contributed by atoms with E-state index in [2.05, 4.69) is 21.3 Å². The van der Waals surface area contributed by atoms with Gasteiger partial charge in [-0.2, -0.15) is 13.2 Å². The van der Waals surface area contributed by atoms with Gasteiger partial charge in [-0.1, -0.05) is 24.3 Å². The van der Waals surface area contributed by atoms with Crippen LogP contribution in [0.4, 0.5) is 34.8 Å². The van der Waals surface area contributed by atoms with Gasteiger partial charge in [0, 0.05) is 51.0 Å². The van der Waals surface area contributed by atoms with Crippen molar-refractivity contribution in [2.45, 2.75) is 32.5 Å². The molecule has 1 aromatic heterocycles. The van der Waals surface area contributed by atoms with Crippen molar-refractivity contribution in [3.05, 3.63) is 82.8 Å². The van der Waals surface area contributed by atoms with Gasteiger partial charge in [-0.15, -0.1) is 0 Å². The van der Waals surface area contributed by atoms with E-state index < -0.39 is 40.8 Å². The summed E-state index contributed by atoms with van der Waals surface area (Å²) in [4.78, 5) is 20.8. The molecular formula is C28H31F4N5O3S. The summed E-state index contributed by atoms with van der Waals surface area (Å²) in [5, 5.41) is 2.73. The molecule has 0 spiro atoms. The summed E-state index contributed by atoms with van der Waals surface area (Å²) < 4.78 is 76.4. The van der Waals surface area contributed by atoms with Crippen molar-refractivity contribution in [2.75, 3.05) is 47.3 Å². The lowest BCUT2D eigenvalue weighted by atomic mass is 9.99. The van der Waals surface area contributed by atoms with Gasteiger partial charge >= 0.3 is 6.18 Å². The Kier molecular flexibility index (Phi) is 9.17. The minimum atomic E-state index is -4.62. The van der Waals surface area contributed by atoms with Crippen LogP contribution in [0.15, 0.2) is 54.6 Å². The summed E-state index contributed by atoms with van der Waals surface area (Å²) in [5.41, 5.74) is 1.80. The Morgan fingerprint density at radius 2 is 1.78 bits per heavy atom. The molecule has 2 unspecified atom stereocenters. The minimum Gasteiger partial charge on any atom is -0.368 e. The highest BCUT2D eigenvalue weighted by Gasteiger charge is 2.34. The average molecular weight is 594 g/mol. The van der Waals surface area contributed by atoms with E-state index >= 15 is 0 Å². The van der Waals surface area contributed by atoms with E-state index in [0.29, 0.717) is 37.3 Å². The molecule has 2 aromatic carbocycles. The van der Waals surface area contributed by atoms with Crippen molar-refractivity contribution in [3.63, 3.8) is 0 Å². The van der Waals surface area contributed by atoms with Gasteiger partial charge in [-0.3, -0.25) is 13.7 Å². The van der Waals surface area contributed by atoms with E-state index in [1.165, 1.54) is 25.2 Å². The van der Waals surface area contributed by atoms with Crippen molar-refractivity contribution >= 4 is 34.4 Å². The molecule has 2 atom stereocenters. The number of anilines is 3. The van der Waals surface area contributed by atoms with E-state index in [-0.39, 0.29) is 18.1 Å². The van der Waals surface area contributed by atoms with Crippen LogP contribution in [0.1, 0.15) is 35.2 Å². The zero-order valence-corrected chi connectivity index (χ0v) is 23.6. The fraction of sp³-hybridized carbons (Fsp3) is 0.357. The Hall–Kier alpha value is -3.71. The predicted molar refractivity (Wildman–Crippen MR) is 151 cm³/mol. The number of nitrogens with one attached hydrogen (secondary N) is 1. The van der Waals surface area contributed by atoms with Crippen LogP contribution >= 0.6 is 0 Å². The first-order valence-electron chi connectivity index (χ1n) is 12.9. The SMILES string of the molecule is Cc1cccc(N2CCN(c3nc(C(F)(F)F)ccc3CNC(=O)C(C)c3ccc(N(C)S(=O)O)c(F)c3)CC2)c1. The van der Waals surface area contributed by atoms with Crippen molar-refractivity contribution < 1.29 is 31.1 Å². The number of alkyl halides is 3. The fourth-order valence-corrected chi connectivity index (χ4v) is 4.98. The van der Waals surface area contributed by atoms with Crippen LogP contribution < -0.4 is 19.4 Å². The van der Waals surface area contributed by atoms with Gasteiger partial charge in [0.2, 0.25) is 5.91 Å². The lowest BCUT2D eigenvalue weighted by Gasteiger charge is -2.37. The number of hydrogen-bond acceptors (Lipinski definition) is 5. The van der Waals surface area contributed by atoms with Crippen molar-refractivity contribution in [3.8, 4) is 0 Å². The number of carbonyl (C=O) groups excluding carboxylic acids is 1. The molecule has 1 amide bonds. The highest BCUT2D eigenvalue weighted by atomic mass is 32.2. The molecule has 0 bridgehead atoms. The van der Waals surface area contributed by atoms with Gasteiger partial charge in [0.1, 0.15) is 17.3 Å². The molecule has 0 aliphatic carbocycles. The summed E-state index contributed by atoms with van der Waals surface area (Å²) in [6, 6.07) is 14.1. The van der Waals surface area contributed by atoms with Crippen LogP contribution in [-0.2, 0) is 28.8 Å². The first-order chi connectivity index (χ1) is 19.3. The molecule has 1 aliphatic heterocycles. The van der Waals surface area contributed by atoms with E-state index in [1.807, 2.05) is 25.1 Å². The maximum Gasteiger partial charge on any atom is 0.433 e. The summed E-state index contributed by atoms with van der Waals surface area (Å²) >= 11 is -2.42. The second-order valence-electron chi connectivity index (χ2n) is 9.87. The number of halogens is 4. The third-order valence-electron chi connectivity index (χ3n) is 7.08. The second kappa shape index (κ2) is 12.4. The van der Waals surface area contributed by atoms with Gasteiger partial charge in [0.25, 0.3) is 11.3 Å². The second-order valence-corrected chi connectivity index (χ2v) is 10.9. The monoisotopic (exact) mass is 593 g/mol. The third-order valence-corrected chi connectivity index (χ3v) is 7.75. The van der Waals surface area contributed by atoms with E-state index in [0.717, 1.165) is 27.7 Å². The largest absolute Gasteiger partial charge is 0.433 e. The maximum absolute atomic E-state index is 14.6. The molecule has 2 heterocycles. The highest BCUT2D eigenvalue weighted by molar-refractivity contribution is 7.80. The smallest absolute Gasteiger partial charge is 0.368 e. The Bertz CT molecular complexity index is 1430. The number of rotatable bonds is 8. The van der Waals surface area contributed by atoms with Gasteiger partial charge in [-0.05, 0) is 55.3 Å². The lowest BCUT2D eigenvalue weighted by molar-refractivity contribution is -0.141. The summed E-state index contributed by atoms with van der Waals surface area (Å²) in [7, 11) is 1.25. The average Bonchev–Trinajstić information content (AvgIpc) is 2.94. The van der Waals surface area contributed by atoms with Gasteiger partial charge < -0.3 is 15.1 Å². The zero-order valence-electron chi connectivity index (χ0n) is 22.8. The summed E-state index contributed by atoms with van der Waals surface area (Å²) in [5.74, 6) is -1.88. The first kappa shape index (κ1) is 30.3. The molecule has 41 heavy (non-hydrogen) atoms. The van der Waals surface area contributed by atoms with Gasteiger partial charge in [-0.25, -0.2) is 13.6 Å². The van der Waals surface area contributed by atoms with Crippen LogP contribution in [0, 0.1) is 12.7 Å². The number of carbonyl (C=O) groups is 1. The highest BCUT2D eigenvalue weighted by Crippen LogP contribution is 2.32. The molecule has 3 aromatic rings. The standard InChI is InChI=1S/C28H31F4N5O3S/c1-18-5-4-6-22(15-18)36-11-13-37(14-12-36)26-21(8-10-25(34-26)28(30,31)32)17-33-27(38)19(2)20-7-9-24(23(29)16-20)35(3)41(39)40/h4-10,15-16,19H,11-14,17H2,1-3H3,(H,33,38)(H,39,40). The number of aryl methyl sites for hydroxylation is 1. The predicted octanol–water partition coefficient (Wildman–Crippen LogP) is 4.87. The number of amides is 1. The molecule has 1 saturated heterocycles. The van der Waals surface area contributed by atoms with Crippen LogP contribution in [0.5, 0.6) is 0 Å². The maximum atomic E-state index is 14.6. The number of pyridine rings is 1. The molecule has 220 valence electrons. The van der Waals surface area contributed by atoms with Crippen LogP contribution in [0.3, 0.4) is 0 Å². The van der Waals surface area contributed by atoms with Crippen molar-refractivity contribution in [1.29, 1.82) is 0 Å². The Balaban J connectivity index is 1.49. The Labute approximate surface area is 238 Å². The van der Waals surface area contributed by atoms with E-state index in [1.54, 1.807) is 11.8 Å². The molecule has 2 N–H and O–H groups in total. The van der Waals surface area contributed by atoms with Crippen LogP contribution in [0.25, 0.3) is 0 Å².